The first-order valence-electron chi connectivity index (χ1n) is 19.2. The molecule has 0 aliphatic heterocycles. The van der Waals surface area contributed by atoms with E-state index in [1.807, 2.05) is 34.6 Å². The predicted octanol–water partition coefficient (Wildman–Crippen LogP) is 14.0. The van der Waals surface area contributed by atoms with Crippen molar-refractivity contribution in [3.05, 3.63) is 101 Å². The standard InChI is InChI=1S/C34H32NO.C14H26O2.Ir/c1-19(2)24-13-10-14-26-30-31(23-17-22-11-8-9-12-25(22)27(18-23)34(5,6)7)35-28-16-20(3)15-21(4)29(28)33(30)36-32(24)26;1-6-11(7-2)12(15)10-13(16)14(5,8-3)9-4;/h8-16,18-19H,1-7H3;10-11,15H,6-9H2,1-5H3;/q-1;;/b;12-10-;. The molecular formula is C48H58IrNO3-. The van der Waals surface area contributed by atoms with Crippen molar-refractivity contribution in [2.75, 3.05) is 0 Å². The van der Waals surface area contributed by atoms with Crippen molar-refractivity contribution in [1.82, 2.24) is 4.98 Å². The topological polar surface area (TPSA) is 63.3 Å². The number of carbonyl (C=O) groups is 1. The molecule has 2 aromatic heterocycles. The maximum atomic E-state index is 12.0. The Hall–Kier alpha value is -3.79. The van der Waals surface area contributed by atoms with Gasteiger partial charge in [-0.1, -0.05) is 123 Å². The van der Waals surface area contributed by atoms with Crippen molar-refractivity contribution in [1.29, 1.82) is 0 Å². The minimum atomic E-state index is -0.319. The second-order valence-corrected chi connectivity index (χ2v) is 16.2. The molecule has 0 atom stereocenters. The molecule has 53 heavy (non-hydrogen) atoms. The summed E-state index contributed by atoms with van der Waals surface area (Å²) in [5.41, 5.74) is 9.41. The number of para-hydroxylation sites is 1. The molecule has 0 amide bonds. The summed E-state index contributed by atoms with van der Waals surface area (Å²) >= 11 is 0. The molecule has 6 aromatic rings. The van der Waals surface area contributed by atoms with Crippen molar-refractivity contribution in [3.63, 3.8) is 0 Å². The van der Waals surface area contributed by atoms with Gasteiger partial charge in [-0.05, 0) is 73.6 Å². The Morgan fingerprint density at radius 3 is 2.11 bits per heavy atom. The Morgan fingerprint density at radius 2 is 1.51 bits per heavy atom. The minimum Gasteiger partial charge on any atom is -0.512 e. The monoisotopic (exact) mass is 889 g/mol. The smallest absolute Gasteiger partial charge is 0.164 e. The first-order valence-corrected chi connectivity index (χ1v) is 19.2. The van der Waals surface area contributed by atoms with Crippen LogP contribution in [0.4, 0.5) is 0 Å². The van der Waals surface area contributed by atoms with E-state index in [1.165, 1.54) is 33.7 Å². The molecule has 0 fully saturated rings. The fraction of sp³-hybridized carbons (Fsp3) is 0.417. The normalized spacial score (nSPS) is 12.5. The Kier molecular flexibility index (Phi) is 13.2. The molecule has 0 aliphatic rings. The minimum absolute atomic E-state index is 0. The Morgan fingerprint density at radius 1 is 0.868 bits per heavy atom. The predicted molar refractivity (Wildman–Crippen MR) is 222 cm³/mol. The molecule has 0 bridgehead atoms. The van der Waals surface area contributed by atoms with Gasteiger partial charge in [0, 0.05) is 59.4 Å². The van der Waals surface area contributed by atoms with E-state index in [9.17, 15) is 9.90 Å². The molecule has 0 unspecified atom stereocenters. The first-order chi connectivity index (χ1) is 24.6. The number of aliphatic hydroxyl groups is 1. The number of nitrogens with zero attached hydrogens (tertiary/aromatic N) is 1. The summed E-state index contributed by atoms with van der Waals surface area (Å²) in [6.07, 6.45) is 4.83. The van der Waals surface area contributed by atoms with Crippen molar-refractivity contribution in [3.8, 4) is 11.3 Å². The maximum Gasteiger partial charge on any atom is 0.164 e. The number of carbonyl (C=O) groups excluding carboxylic acids is 1. The summed E-state index contributed by atoms with van der Waals surface area (Å²) in [7, 11) is 0. The fourth-order valence-corrected chi connectivity index (χ4v) is 7.42. The Labute approximate surface area is 330 Å². The molecule has 0 aliphatic carbocycles. The number of benzene rings is 4. The van der Waals surface area contributed by atoms with E-state index in [1.54, 1.807) is 0 Å². The third kappa shape index (κ3) is 8.32. The molecule has 6 rings (SSSR count). The second kappa shape index (κ2) is 16.7. The zero-order valence-electron chi connectivity index (χ0n) is 33.9. The molecule has 283 valence electrons. The zero-order valence-corrected chi connectivity index (χ0v) is 36.3. The number of fused-ring (bicyclic) bond motifs is 6. The van der Waals surface area contributed by atoms with Gasteiger partial charge in [0.2, 0.25) is 0 Å². The number of hydrogen-bond acceptors (Lipinski definition) is 4. The third-order valence-corrected chi connectivity index (χ3v) is 11.2. The average molecular weight is 889 g/mol. The number of aromatic nitrogens is 1. The summed E-state index contributed by atoms with van der Waals surface area (Å²) in [6.45, 7) is 25.6. The number of furan rings is 1. The molecule has 4 nitrogen and oxygen atoms in total. The van der Waals surface area contributed by atoms with E-state index in [-0.39, 0.29) is 48.4 Å². The van der Waals surface area contributed by atoms with Gasteiger partial charge in [0.15, 0.2) is 5.78 Å². The maximum absolute atomic E-state index is 12.0. The van der Waals surface area contributed by atoms with Gasteiger partial charge in [-0.3, -0.25) is 9.78 Å². The fourth-order valence-electron chi connectivity index (χ4n) is 7.42. The largest absolute Gasteiger partial charge is 0.512 e. The SMILES string of the molecule is CCC(CC)/C(O)=C/C(=O)C(C)(CC)CC.Cc1cc(C)c2c(c1)nc(-c1[c-]c3ccccc3c(C(C)(C)C)c1)c1c3cccc(C(C)C)c3oc21.[Ir]. The van der Waals surface area contributed by atoms with Crippen LogP contribution < -0.4 is 0 Å². The van der Waals surface area contributed by atoms with Crippen LogP contribution in [0.1, 0.15) is 123 Å². The van der Waals surface area contributed by atoms with Gasteiger partial charge in [-0.2, -0.15) is 0 Å². The molecular weight excluding hydrogens is 831 g/mol. The van der Waals surface area contributed by atoms with Gasteiger partial charge >= 0.3 is 0 Å². The number of ketones is 1. The van der Waals surface area contributed by atoms with Crippen LogP contribution in [-0.2, 0) is 30.3 Å². The van der Waals surface area contributed by atoms with Gasteiger partial charge in [0.1, 0.15) is 11.2 Å². The first kappa shape index (κ1) is 42.0. The number of pyridine rings is 1. The summed E-state index contributed by atoms with van der Waals surface area (Å²) < 4.78 is 6.77. The quantitative estimate of drug-likeness (QED) is 0.0892. The van der Waals surface area contributed by atoms with E-state index >= 15 is 0 Å². The van der Waals surface area contributed by atoms with Crippen molar-refractivity contribution < 1.29 is 34.4 Å². The summed E-state index contributed by atoms with van der Waals surface area (Å²) in [6, 6.07) is 25.5. The number of allylic oxidation sites excluding steroid dienone is 2. The van der Waals surface area contributed by atoms with Crippen LogP contribution >= 0.6 is 0 Å². The van der Waals surface area contributed by atoms with Crippen molar-refractivity contribution in [2.45, 2.75) is 120 Å². The summed E-state index contributed by atoms with van der Waals surface area (Å²) in [4.78, 5) is 17.4. The van der Waals surface area contributed by atoms with E-state index in [4.69, 9.17) is 9.40 Å². The average Bonchev–Trinajstić information content (AvgIpc) is 3.50. The Bertz CT molecular complexity index is 2280. The van der Waals surface area contributed by atoms with Crippen molar-refractivity contribution in [2.24, 2.45) is 11.3 Å². The van der Waals surface area contributed by atoms with Crippen LogP contribution in [-0.4, -0.2) is 15.9 Å². The van der Waals surface area contributed by atoms with Gasteiger partial charge in [0.25, 0.3) is 0 Å². The van der Waals surface area contributed by atoms with Crippen LogP contribution in [0.3, 0.4) is 0 Å². The molecule has 0 saturated carbocycles. The van der Waals surface area contributed by atoms with Crippen LogP contribution in [0.15, 0.2) is 76.9 Å². The zero-order chi connectivity index (χ0) is 38.1. The van der Waals surface area contributed by atoms with Crippen LogP contribution in [0.2, 0.25) is 0 Å². The van der Waals surface area contributed by atoms with E-state index < -0.39 is 0 Å². The molecule has 0 saturated heterocycles. The van der Waals surface area contributed by atoms with Gasteiger partial charge in [-0.25, -0.2) is 0 Å². The molecule has 1 radical (unpaired) electrons. The number of rotatable bonds is 9. The number of hydrogen-bond donors (Lipinski definition) is 1. The van der Waals surface area contributed by atoms with Crippen LogP contribution in [0, 0.1) is 31.2 Å². The van der Waals surface area contributed by atoms with E-state index in [0.717, 1.165) is 75.2 Å². The van der Waals surface area contributed by atoms with E-state index in [0.29, 0.717) is 5.92 Å². The van der Waals surface area contributed by atoms with Crippen LogP contribution in [0.5, 0.6) is 0 Å². The molecule has 4 aromatic carbocycles. The van der Waals surface area contributed by atoms with Crippen LogP contribution in [0.25, 0.3) is 54.9 Å². The molecule has 0 spiro atoms. The van der Waals surface area contributed by atoms with Gasteiger partial charge < -0.3 is 9.52 Å². The van der Waals surface area contributed by atoms with E-state index in [2.05, 4.69) is 115 Å². The second-order valence-electron chi connectivity index (χ2n) is 16.2. The number of aryl methyl sites for hydroxylation is 2. The third-order valence-electron chi connectivity index (χ3n) is 11.2. The molecule has 2 heterocycles. The van der Waals surface area contributed by atoms with Gasteiger partial charge in [0.05, 0.1) is 11.3 Å². The Balaban J connectivity index is 0.000000316. The van der Waals surface area contributed by atoms with Gasteiger partial charge in [-0.15, -0.1) is 29.1 Å². The summed E-state index contributed by atoms with van der Waals surface area (Å²) in [5, 5.41) is 15.5. The van der Waals surface area contributed by atoms with Crippen molar-refractivity contribution >= 4 is 49.4 Å². The number of aliphatic hydroxyl groups excluding tert-OH is 1. The molecule has 1 N–H and O–H groups in total. The molecule has 5 heteroatoms. The summed E-state index contributed by atoms with van der Waals surface area (Å²) in [5.74, 6) is 0.798.